The highest BCUT2D eigenvalue weighted by molar-refractivity contribution is 9.11. The molecule has 1 spiro atoms. The first-order chi connectivity index (χ1) is 8.67. The number of fused-ring (bicyclic) bond motifs is 2. The van der Waals surface area contributed by atoms with Crippen LogP contribution in [-0.4, -0.2) is 28.2 Å². The summed E-state index contributed by atoms with van der Waals surface area (Å²) >= 11 is 7.68. The Morgan fingerprint density at radius 3 is 2.37 bits per heavy atom. The van der Waals surface area contributed by atoms with Gasteiger partial charge in [0.2, 0.25) is 0 Å². The van der Waals surface area contributed by atoms with Crippen LogP contribution in [0.1, 0.15) is 40.5 Å². The maximum absolute atomic E-state index is 6.34. The minimum Gasteiger partial charge on any atom is -0.370 e. The van der Waals surface area contributed by atoms with E-state index in [4.69, 9.17) is 9.47 Å². The Morgan fingerprint density at radius 2 is 1.79 bits per heavy atom. The number of rotatable bonds is 0. The molecule has 3 saturated heterocycles. The minimum absolute atomic E-state index is 0.0282. The van der Waals surface area contributed by atoms with Crippen molar-refractivity contribution in [2.24, 2.45) is 10.8 Å². The first-order valence-electron chi connectivity index (χ1n) is 7.05. The SMILES string of the molecule is CC12CC(O1)C1(CC2Br)C(C)(C)C(Br)=CC2OC21C. The third kappa shape index (κ3) is 1.23. The Kier molecular flexibility index (Phi) is 2.34. The molecule has 3 aliphatic heterocycles. The number of halogens is 2. The van der Waals surface area contributed by atoms with Crippen molar-refractivity contribution in [1.82, 2.24) is 0 Å². The molecule has 2 bridgehead atoms. The van der Waals surface area contributed by atoms with Gasteiger partial charge in [-0.25, -0.2) is 0 Å². The number of hydrogen-bond acceptors (Lipinski definition) is 2. The van der Waals surface area contributed by atoms with Gasteiger partial charge in [-0.05, 0) is 26.3 Å². The van der Waals surface area contributed by atoms with Crippen LogP contribution in [0.3, 0.4) is 0 Å². The second kappa shape index (κ2) is 3.34. The lowest BCUT2D eigenvalue weighted by atomic mass is 9.46. The lowest BCUT2D eigenvalue weighted by molar-refractivity contribution is -0.307. The van der Waals surface area contributed by atoms with Gasteiger partial charge in [0.1, 0.15) is 11.7 Å². The van der Waals surface area contributed by atoms with Gasteiger partial charge < -0.3 is 9.47 Å². The average molecular weight is 392 g/mol. The summed E-state index contributed by atoms with van der Waals surface area (Å²) in [6.07, 6.45) is 5.08. The Labute approximate surface area is 131 Å². The van der Waals surface area contributed by atoms with Crippen LogP contribution in [-0.2, 0) is 9.47 Å². The van der Waals surface area contributed by atoms with E-state index in [0.717, 1.165) is 12.8 Å². The number of allylic oxidation sites excluding steroid dienone is 1. The normalized spacial score (nSPS) is 61.2. The van der Waals surface area contributed by atoms with Crippen LogP contribution < -0.4 is 0 Å². The van der Waals surface area contributed by atoms with Crippen LogP contribution >= 0.6 is 31.9 Å². The van der Waals surface area contributed by atoms with Crippen molar-refractivity contribution in [1.29, 1.82) is 0 Å². The molecule has 6 unspecified atom stereocenters. The van der Waals surface area contributed by atoms with Crippen molar-refractivity contribution in [3.05, 3.63) is 10.6 Å². The standard InChI is InChI=1S/C15H20Br2O2/c1-12(2)8(16)5-10-14(4,19-10)15(12)6-9(17)13(3)7-11(15)18-13/h5,9-11H,6-7H2,1-4H3. The summed E-state index contributed by atoms with van der Waals surface area (Å²) in [5.74, 6) is 0. The topological polar surface area (TPSA) is 21.8 Å². The van der Waals surface area contributed by atoms with Crippen LogP contribution in [0.2, 0.25) is 0 Å². The van der Waals surface area contributed by atoms with Gasteiger partial charge >= 0.3 is 0 Å². The summed E-state index contributed by atoms with van der Waals surface area (Å²) in [4.78, 5) is 0.407. The Bertz CT molecular complexity index is 494. The fraction of sp³-hybridized carbons (Fsp3) is 0.867. The molecule has 2 aliphatic carbocycles. The highest BCUT2D eigenvalue weighted by Gasteiger charge is 2.80. The molecule has 5 rings (SSSR count). The third-order valence-corrected chi connectivity index (χ3v) is 9.02. The number of hydrogen-bond donors (Lipinski definition) is 0. The molecule has 0 aromatic carbocycles. The van der Waals surface area contributed by atoms with Crippen molar-refractivity contribution in [3.8, 4) is 0 Å². The predicted octanol–water partition coefficient (Wildman–Crippen LogP) is 4.16. The Balaban J connectivity index is 1.87. The molecule has 0 radical (unpaired) electrons. The smallest absolute Gasteiger partial charge is 0.107 e. The monoisotopic (exact) mass is 390 g/mol. The lowest BCUT2D eigenvalue weighted by Crippen LogP contribution is -2.74. The van der Waals surface area contributed by atoms with Crippen LogP contribution in [0.15, 0.2) is 10.6 Å². The van der Waals surface area contributed by atoms with Crippen molar-refractivity contribution in [3.63, 3.8) is 0 Å². The first-order valence-corrected chi connectivity index (χ1v) is 8.76. The lowest BCUT2D eigenvalue weighted by Gasteiger charge is -2.68. The predicted molar refractivity (Wildman–Crippen MR) is 81.7 cm³/mol. The summed E-state index contributed by atoms with van der Waals surface area (Å²) in [7, 11) is 0. The van der Waals surface area contributed by atoms with Gasteiger partial charge in [0, 0.05) is 26.6 Å². The van der Waals surface area contributed by atoms with E-state index >= 15 is 0 Å². The quantitative estimate of drug-likeness (QED) is 0.456. The van der Waals surface area contributed by atoms with Crippen molar-refractivity contribution >= 4 is 31.9 Å². The van der Waals surface area contributed by atoms with E-state index in [1.165, 1.54) is 4.48 Å². The fourth-order valence-electron chi connectivity index (χ4n) is 4.93. The second-order valence-corrected chi connectivity index (χ2v) is 9.51. The number of epoxide rings is 1. The van der Waals surface area contributed by atoms with E-state index in [-0.39, 0.29) is 28.1 Å². The highest BCUT2D eigenvalue weighted by atomic mass is 79.9. The molecule has 2 nitrogen and oxygen atoms in total. The molecule has 0 N–H and O–H groups in total. The zero-order valence-electron chi connectivity index (χ0n) is 11.8. The second-order valence-electron chi connectivity index (χ2n) is 7.55. The molecule has 4 heteroatoms. The molecule has 3 heterocycles. The van der Waals surface area contributed by atoms with Gasteiger partial charge in [-0.1, -0.05) is 45.7 Å². The Hall–Kier alpha value is 0.620. The van der Waals surface area contributed by atoms with E-state index in [1.807, 2.05) is 0 Å². The summed E-state index contributed by atoms with van der Waals surface area (Å²) in [6, 6.07) is 0. The summed E-state index contributed by atoms with van der Waals surface area (Å²) < 4.78 is 13.7. The fourth-order valence-corrected chi connectivity index (χ4v) is 6.33. The van der Waals surface area contributed by atoms with Crippen molar-refractivity contribution in [2.75, 3.05) is 0 Å². The van der Waals surface area contributed by atoms with E-state index in [1.54, 1.807) is 0 Å². The first kappa shape index (κ1) is 13.3. The summed E-state index contributed by atoms with van der Waals surface area (Å²) in [5, 5.41) is 0. The van der Waals surface area contributed by atoms with Gasteiger partial charge in [0.15, 0.2) is 0 Å². The minimum atomic E-state index is -0.0633. The molecule has 0 aromatic rings. The molecule has 1 saturated carbocycles. The van der Waals surface area contributed by atoms with Gasteiger partial charge in [-0.2, -0.15) is 0 Å². The molecule has 5 aliphatic rings. The zero-order chi connectivity index (χ0) is 13.8. The zero-order valence-corrected chi connectivity index (χ0v) is 15.0. The Morgan fingerprint density at radius 1 is 1.16 bits per heavy atom. The molecule has 0 amide bonds. The maximum Gasteiger partial charge on any atom is 0.107 e. The molecule has 0 aromatic heterocycles. The van der Waals surface area contributed by atoms with Gasteiger partial charge in [-0.3, -0.25) is 0 Å². The van der Waals surface area contributed by atoms with E-state index < -0.39 is 0 Å². The number of ether oxygens (including phenoxy) is 2. The number of alkyl halides is 1. The molecule has 4 fully saturated rings. The molecule has 19 heavy (non-hydrogen) atoms. The van der Waals surface area contributed by atoms with Crippen LogP contribution in [0.5, 0.6) is 0 Å². The molecular weight excluding hydrogens is 372 g/mol. The van der Waals surface area contributed by atoms with Gasteiger partial charge in [-0.15, -0.1) is 0 Å². The third-order valence-electron chi connectivity index (χ3n) is 6.47. The molecular formula is C15H20Br2O2. The van der Waals surface area contributed by atoms with E-state index in [0.29, 0.717) is 10.9 Å². The summed E-state index contributed by atoms with van der Waals surface area (Å²) in [6.45, 7) is 9.17. The van der Waals surface area contributed by atoms with Gasteiger partial charge in [0.05, 0.1) is 11.7 Å². The van der Waals surface area contributed by atoms with Gasteiger partial charge in [0.25, 0.3) is 0 Å². The largest absolute Gasteiger partial charge is 0.370 e. The van der Waals surface area contributed by atoms with Crippen molar-refractivity contribution < 1.29 is 9.47 Å². The van der Waals surface area contributed by atoms with E-state index in [2.05, 4.69) is 65.6 Å². The van der Waals surface area contributed by atoms with Crippen molar-refractivity contribution in [2.45, 2.75) is 68.8 Å². The molecule has 106 valence electrons. The van der Waals surface area contributed by atoms with E-state index in [9.17, 15) is 0 Å². The summed E-state index contributed by atoms with van der Waals surface area (Å²) in [5.41, 5.74) is 0.0734. The highest BCUT2D eigenvalue weighted by Crippen LogP contribution is 2.75. The van der Waals surface area contributed by atoms with Crippen LogP contribution in [0, 0.1) is 10.8 Å². The average Bonchev–Trinajstić information content (AvgIpc) is 2.91. The maximum atomic E-state index is 6.34. The molecule has 6 atom stereocenters. The van der Waals surface area contributed by atoms with Crippen LogP contribution in [0.25, 0.3) is 0 Å². The van der Waals surface area contributed by atoms with Crippen LogP contribution in [0.4, 0.5) is 0 Å².